The van der Waals surface area contributed by atoms with E-state index in [1.165, 1.54) is 13.2 Å². The molecule has 1 N–H and O–H groups in total. The summed E-state index contributed by atoms with van der Waals surface area (Å²) in [6.45, 7) is 0.143. The predicted molar refractivity (Wildman–Crippen MR) is 51.9 cm³/mol. The summed E-state index contributed by atoms with van der Waals surface area (Å²) >= 11 is 0. The smallest absolute Gasteiger partial charge is 0.337 e. The first kappa shape index (κ1) is 9.51. The minimum absolute atomic E-state index is 0.143. The summed E-state index contributed by atoms with van der Waals surface area (Å²) in [7, 11) is 1.30. The fraction of sp³-hybridized carbons (Fsp3) is 0.200. The second kappa shape index (κ2) is 3.61. The van der Waals surface area contributed by atoms with E-state index in [4.69, 9.17) is 4.74 Å². The number of ether oxygens (including phenoxy) is 2. The molecule has 0 aliphatic carbocycles. The zero-order valence-corrected chi connectivity index (χ0v) is 8.07. The highest BCUT2D eigenvalue weighted by Gasteiger charge is 2.18. The lowest BCUT2D eigenvalue weighted by Crippen LogP contribution is -2.25. The maximum absolute atomic E-state index is 11.2. The normalized spacial score (nSPS) is 13.5. The molecule has 0 atom stereocenters. The van der Waals surface area contributed by atoms with Crippen molar-refractivity contribution in [1.29, 1.82) is 0 Å². The van der Waals surface area contributed by atoms with E-state index in [9.17, 15) is 9.59 Å². The van der Waals surface area contributed by atoms with Gasteiger partial charge in [-0.15, -0.1) is 0 Å². The number of benzene rings is 1. The van der Waals surface area contributed by atoms with Crippen molar-refractivity contribution < 1.29 is 19.1 Å². The Kier molecular flexibility index (Phi) is 2.29. The summed E-state index contributed by atoms with van der Waals surface area (Å²) < 4.78 is 9.51. The van der Waals surface area contributed by atoms with Gasteiger partial charge in [0.1, 0.15) is 6.54 Å². The zero-order valence-electron chi connectivity index (χ0n) is 8.07. The molecule has 0 bridgehead atoms. The standard InChI is InChI=1S/C10H9NO4/c1-14-10(13)6-2-3-7-8(4-6)15-9(12)5-11-7/h2-4,11H,5H2,1H3. The molecule has 5 heteroatoms. The van der Waals surface area contributed by atoms with Gasteiger partial charge in [-0.3, -0.25) is 0 Å². The number of carbonyl (C=O) groups is 2. The van der Waals surface area contributed by atoms with Crippen LogP contribution >= 0.6 is 0 Å². The lowest BCUT2D eigenvalue weighted by atomic mass is 10.1. The minimum Gasteiger partial charge on any atom is -0.465 e. The zero-order chi connectivity index (χ0) is 10.8. The second-order valence-corrected chi connectivity index (χ2v) is 3.03. The summed E-state index contributed by atoms with van der Waals surface area (Å²) in [5.41, 5.74) is 1.05. The van der Waals surface area contributed by atoms with Crippen LogP contribution in [0, 0.1) is 0 Å². The summed E-state index contributed by atoms with van der Waals surface area (Å²) in [5.74, 6) is -0.474. The number of anilines is 1. The number of fused-ring (bicyclic) bond motifs is 1. The molecule has 78 valence electrons. The number of rotatable bonds is 1. The van der Waals surface area contributed by atoms with Crippen LogP contribution in [-0.2, 0) is 9.53 Å². The molecule has 0 amide bonds. The number of hydrogen-bond donors (Lipinski definition) is 1. The summed E-state index contributed by atoms with van der Waals surface area (Å²) in [4.78, 5) is 22.2. The van der Waals surface area contributed by atoms with Gasteiger partial charge < -0.3 is 14.8 Å². The Balaban J connectivity index is 2.36. The lowest BCUT2D eigenvalue weighted by Gasteiger charge is -2.17. The summed E-state index contributed by atoms with van der Waals surface area (Å²) in [6, 6.07) is 4.76. The Labute approximate surface area is 86.0 Å². The monoisotopic (exact) mass is 207 g/mol. The maximum Gasteiger partial charge on any atom is 0.337 e. The van der Waals surface area contributed by atoms with Gasteiger partial charge in [-0.1, -0.05) is 0 Å². The quantitative estimate of drug-likeness (QED) is 0.545. The molecular weight excluding hydrogens is 198 g/mol. The molecule has 0 aromatic heterocycles. The van der Waals surface area contributed by atoms with Gasteiger partial charge in [0.15, 0.2) is 5.75 Å². The third kappa shape index (κ3) is 1.76. The fourth-order valence-electron chi connectivity index (χ4n) is 1.32. The van der Waals surface area contributed by atoms with Crippen molar-refractivity contribution in [3.63, 3.8) is 0 Å². The van der Waals surface area contributed by atoms with Crippen LogP contribution in [0.2, 0.25) is 0 Å². The van der Waals surface area contributed by atoms with Gasteiger partial charge in [-0.2, -0.15) is 0 Å². The van der Waals surface area contributed by atoms with Gasteiger partial charge in [0.2, 0.25) is 0 Å². The first-order valence-electron chi connectivity index (χ1n) is 4.37. The van der Waals surface area contributed by atoms with Crippen LogP contribution in [0.5, 0.6) is 5.75 Å². The van der Waals surface area contributed by atoms with Gasteiger partial charge in [-0.25, -0.2) is 9.59 Å². The Morgan fingerprint density at radius 3 is 3.07 bits per heavy atom. The van der Waals surface area contributed by atoms with Gasteiger partial charge in [-0.05, 0) is 18.2 Å². The number of methoxy groups -OCH3 is 1. The lowest BCUT2D eigenvalue weighted by molar-refractivity contribution is -0.132. The second-order valence-electron chi connectivity index (χ2n) is 3.03. The van der Waals surface area contributed by atoms with Crippen LogP contribution in [0.4, 0.5) is 5.69 Å². The first-order chi connectivity index (χ1) is 7.20. The van der Waals surface area contributed by atoms with Crippen LogP contribution in [0.1, 0.15) is 10.4 Å². The predicted octanol–water partition coefficient (Wildman–Crippen LogP) is 0.804. The molecule has 5 nitrogen and oxygen atoms in total. The Hall–Kier alpha value is -2.04. The molecule has 1 aromatic carbocycles. The summed E-state index contributed by atoms with van der Waals surface area (Å²) in [5, 5.41) is 2.87. The highest BCUT2D eigenvalue weighted by Crippen LogP contribution is 2.28. The average Bonchev–Trinajstić information content (AvgIpc) is 2.27. The molecule has 1 heterocycles. The van der Waals surface area contributed by atoms with E-state index in [1.807, 2.05) is 0 Å². The topological polar surface area (TPSA) is 64.6 Å². The van der Waals surface area contributed by atoms with E-state index in [2.05, 4.69) is 10.1 Å². The number of esters is 2. The van der Waals surface area contributed by atoms with Crippen molar-refractivity contribution >= 4 is 17.6 Å². The molecule has 15 heavy (non-hydrogen) atoms. The molecule has 0 saturated heterocycles. The van der Waals surface area contributed by atoms with Crippen molar-refractivity contribution in [2.24, 2.45) is 0 Å². The van der Waals surface area contributed by atoms with Gasteiger partial charge in [0.05, 0.1) is 18.4 Å². The van der Waals surface area contributed by atoms with E-state index in [0.717, 1.165) is 0 Å². The van der Waals surface area contributed by atoms with Gasteiger partial charge in [0.25, 0.3) is 0 Å². The molecule has 0 saturated carbocycles. The van der Waals surface area contributed by atoms with Crippen molar-refractivity contribution in [3.8, 4) is 5.75 Å². The van der Waals surface area contributed by atoms with Crippen molar-refractivity contribution in [1.82, 2.24) is 0 Å². The molecule has 1 aliphatic heterocycles. The van der Waals surface area contributed by atoms with Crippen LogP contribution in [0.15, 0.2) is 18.2 Å². The van der Waals surface area contributed by atoms with Crippen molar-refractivity contribution in [2.45, 2.75) is 0 Å². The molecule has 2 rings (SSSR count). The SMILES string of the molecule is COC(=O)c1ccc2c(c1)OC(=O)CN2. The number of hydrogen-bond acceptors (Lipinski definition) is 5. The van der Waals surface area contributed by atoms with Crippen molar-refractivity contribution in [2.75, 3.05) is 19.0 Å². The van der Waals surface area contributed by atoms with E-state index in [1.54, 1.807) is 12.1 Å². The molecule has 1 aromatic rings. The van der Waals surface area contributed by atoms with Gasteiger partial charge in [0, 0.05) is 0 Å². The highest BCUT2D eigenvalue weighted by atomic mass is 16.5. The van der Waals surface area contributed by atoms with E-state index in [0.29, 0.717) is 17.0 Å². The van der Waals surface area contributed by atoms with Gasteiger partial charge >= 0.3 is 11.9 Å². The Bertz CT molecular complexity index is 427. The van der Waals surface area contributed by atoms with Crippen LogP contribution in [-0.4, -0.2) is 25.6 Å². The average molecular weight is 207 g/mol. The molecule has 0 fully saturated rings. The van der Waals surface area contributed by atoms with E-state index < -0.39 is 5.97 Å². The number of nitrogens with one attached hydrogen (secondary N) is 1. The van der Waals surface area contributed by atoms with E-state index >= 15 is 0 Å². The van der Waals surface area contributed by atoms with Crippen molar-refractivity contribution in [3.05, 3.63) is 23.8 Å². The Morgan fingerprint density at radius 1 is 1.53 bits per heavy atom. The third-order valence-corrected chi connectivity index (χ3v) is 2.05. The van der Waals surface area contributed by atoms with Crippen LogP contribution in [0.25, 0.3) is 0 Å². The van der Waals surface area contributed by atoms with Crippen LogP contribution < -0.4 is 10.1 Å². The highest BCUT2D eigenvalue weighted by molar-refractivity contribution is 5.92. The maximum atomic E-state index is 11.2. The minimum atomic E-state index is -0.459. The number of carbonyl (C=O) groups excluding carboxylic acids is 2. The summed E-state index contributed by atoms with van der Waals surface area (Å²) in [6.07, 6.45) is 0. The third-order valence-electron chi connectivity index (χ3n) is 2.05. The molecule has 0 spiro atoms. The Morgan fingerprint density at radius 2 is 2.33 bits per heavy atom. The molecule has 1 aliphatic rings. The molecule has 0 unspecified atom stereocenters. The molecule has 0 radical (unpaired) electrons. The largest absolute Gasteiger partial charge is 0.465 e. The fourth-order valence-corrected chi connectivity index (χ4v) is 1.32. The first-order valence-corrected chi connectivity index (χ1v) is 4.37. The van der Waals surface area contributed by atoms with Crippen LogP contribution in [0.3, 0.4) is 0 Å². The molecular formula is C10H9NO4. The van der Waals surface area contributed by atoms with E-state index in [-0.39, 0.29) is 12.5 Å².